The third kappa shape index (κ3) is 6.34. The van der Waals surface area contributed by atoms with Crippen LogP contribution in [0.15, 0.2) is 36.4 Å². The number of carbonyl (C=O) groups is 3. The van der Waals surface area contributed by atoms with E-state index < -0.39 is 0 Å². The molecule has 2 aromatic rings. The Morgan fingerprint density at radius 2 is 1.80 bits per heavy atom. The Balaban J connectivity index is 1.94. The van der Waals surface area contributed by atoms with Gasteiger partial charge in [-0.25, -0.2) is 0 Å². The molecule has 2 amide bonds. The van der Waals surface area contributed by atoms with Gasteiger partial charge in [-0.3, -0.25) is 14.4 Å². The molecule has 0 atom stereocenters. The predicted molar refractivity (Wildman–Crippen MR) is 115 cm³/mol. The van der Waals surface area contributed by atoms with Crippen LogP contribution in [0.4, 0.5) is 5.69 Å². The molecule has 0 radical (unpaired) electrons. The van der Waals surface area contributed by atoms with Gasteiger partial charge in [0.05, 0.1) is 18.7 Å². The minimum absolute atomic E-state index is 0.115. The number of aldehydes is 1. The van der Waals surface area contributed by atoms with E-state index in [9.17, 15) is 14.4 Å². The van der Waals surface area contributed by atoms with Crippen LogP contribution in [0.3, 0.4) is 0 Å². The van der Waals surface area contributed by atoms with Crippen molar-refractivity contribution in [2.24, 2.45) is 0 Å². The Labute approximate surface area is 177 Å². The number of likely N-dealkylation sites (N-methyl/N-ethyl adjacent to an activating group) is 1. The Morgan fingerprint density at radius 1 is 1.10 bits per heavy atom. The molecule has 0 spiro atoms. The maximum atomic E-state index is 12.4. The van der Waals surface area contributed by atoms with Crippen molar-refractivity contribution in [3.63, 3.8) is 0 Å². The van der Waals surface area contributed by atoms with E-state index in [0.29, 0.717) is 24.2 Å². The van der Waals surface area contributed by atoms with Gasteiger partial charge < -0.3 is 19.7 Å². The summed E-state index contributed by atoms with van der Waals surface area (Å²) in [6.07, 6.45) is 1.50. The Kier molecular flexibility index (Phi) is 8.41. The van der Waals surface area contributed by atoms with Crippen molar-refractivity contribution in [1.82, 2.24) is 4.90 Å². The largest absolute Gasteiger partial charge is 0.493 e. The number of ether oxygens (including phenoxy) is 2. The molecule has 7 nitrogen and oxygen atoms in total. The number of rotatable bonds is 10. The summed E-state index contributed by atoms with van der Waals surface area (Å²) in [5, 5.41) is 2.85. The van der Waals surface area contributed by atoms with Crippen LogP contribution in [0.2, 0.25) is 0 Å². The van der Waals surface area contributed by atoms with Gasteiger partial charge in [0.25, 0.3) is 5.91 Å². The smallest absolute Gasteiger partial charge is 0.260 e. The molecule has 7 heteroatoms. The van der Waals surface area contributed by atoms with Crippen molar-refractivity contribution in [2.45, 2.75) is 27.2 Å². The van der Waals surface area contributed by atoms with Gasteiger partial charge in [-0.05, 0) is 43.5 Å². The summed E-state index contributed by atoms with van der Waals surface area (Å²) >= 11 is 0. The van der Waals surface area contributed by atoms with E-state index >= 15 is 0 Å². The topological polar surface area (TPSA) is 84.9 Å². The lowest BCUT2D eigenvalue weighted by molar-refractivity contribution is -0.135. The van der Waals surface area contributed by atoms with Crippen molar-refractivity contribution < 1.29 is 23.9 Å². The molecule has 0 aliphatic heterocycles. The third-order valence-corrected chi connectivity index (χ3v) is 4.49. The van der Waals surface area contributed by atoms with Gasteiger partial charge in [-0.15, -0.1) is 0 Å². The number of nitrogens with one attached hydrogen (secondary N) is 1. The molecular formula is C23H28N2O5. The van der Waals surface area contributed by atoms with Crippen molar-refractivity contribution in [3.05, 3.63) is 53.1 Å². The second-order valence-corrected chi connectivity index (χ2v) is 7.02. The van der Waals surface area contributed by atoms with Crippen molar-refractivity contribution in [2.75, 3.05) is 32.1 Å². The lowest BCUT2D eigenvalue weighted by Gasteiger charge is -2.19. The highest BCUT2D eigenvalue weighted by Crippen LogP contribution is 2.24. The standard InChI is InChI=1S/C23H28N2O5/c1-5-11-29-19-10-9-18(14-26)20(12-19)30-15-22(28)25(4)13-21(27)24-23-16(2)7-6-8-17(23)3/h6-10,12,14H,5,11,13,15H2,1-4H3,(H,24,27). The van der Waals surface area contributed by atoms with Crippen LogP contribution in [-0.2, 0) is 9.59 Å². The average molecular weight is 412 g/mol. The fourth-order valence-electron chi connectivity index (χ4n) is 2.79. The molecule has 1 N–H and O–H groups in total. The third-order valence-electron chi connectivity index (χ3n) is 4.49. The number of anilines is 1. The van der Waals surface area contributed by atoms with Crippen molar-refractivity contribution >= 4 is 23.8 Å². The first kappa shape index (κ1) is 22.9. The number of carbonyl (C=O) groups excluding carboxylic acids is 3. The molecule has 0 heterocycles. The molecule has 2 rings (SSSR count). The normalized spacial score (nSPS) is 10.3. The molecule has 160 valence electrons. The molecule has 30 heavy (non-hydrogen) atoms. The van der Waals surface area contributed by atoms with E-state index in [-0.39, 0.29) is 30.7 Å². The van der Waals surface area contributed by atoms with Crippen molar-refractivity contribution in [1.29, 1.82) is 0 Å². The number of benzene rings is 2. The first-order valence-electron chi connectivity index (χ1n) is 9.80. The molecule has 0 bridgehead atoms. The summed E-state index contributed by atoms with van der Waals surface area (Å²) < 4.78 is 11.1. The summed E-state index contributed by atoms with van der Waals surface area (Å²) in [6, 6.07) is 10.6. The Hall–Kier alpha value is -3.35. The van der Waals surface area contributed by atoms with Crippen LogP contribution in [-0.4, -0.2) is 49.8 Å². The SMILES string of the molecule is CCCOc1ccc(C=O)c(OCC(=O)N(C)CC(=O)Nc2c(C)cccc2C)c1. The number of hydrogen-bond donors (Lipinski definition) is 1. The first-order chi connectivity index (χ1) is 14.3. The van der Waals surface area contributed by atoms with Crippen LogP contribution < -0.4 is 14.8 Å². The zero-order valence-electron chi connectivity index (χ0n) is 17.9. The summed E-state index contributed by atoms with van der Waals surface area (Å²) in [5.74, 6) is 0.141. The van der Waals surface area contributed by atoms with Crippen molar-refractivity contribution in [3.8, 4) is 11.5 Å². The molecule has 0 saturated carbocycles. The zero-order valence-corrected chi connectivity index (χ0v) is 17.9. The van der Waals surface area contributed by atoms with E-state index in [1.165, 1.54) is 11.9 Å². The Bertz CT molecular complexity index is 890. The van der Waals surface area contributed by atoms with Crippen LogP contribution in [0.25, 0.3) is 0 Å². The highest BCUT2D eigenvalue weighted by molar-refractivity contribution is 5.95. The van der Waals surface area contributed by atoms with Gasteiger partial charge in [0.15, 0.2) is 12.9 Å². The van der Waals surface area contributed by atoms with Gasteiger partial charge >= 0.3 is 0 Å². The van der Waals surface area contributed by atoms with Crippen LogP contribution in [0.1, 0.15) is 34.8 Å². The number of nitrogens with zero attached hydrogens (tertiary/aromatic N) is 1. The lowest BCUT2D eigenvalue weighted by atomic mass is 10.1. The monoisotopic (exact) mass is 412 g/mol. The Morgan fingerprint density at radius 3 is 2.43 bits per heavy atom. The second kappa shape index (κ2) is 11.0. The summed E-state index contributed by atoms with van der Waals surface area (Å²) in [5.41, 5.74) is 2.97. The highest BCUT2D eigenvalue weighted by Gasteiger charge is 2.16. The maximum absolute atomic E-state index is 12.4. The van der Waals surface area contributed by atoms with E-state index in [4.69, 9.17) is 9.47 Å². The fourth-order valence-corrected chi connectivity index (χ4v) is 2.79. The molecule has 0 saturated heterocycles. The molecular weight excluding hydrogens is 384 g/mol. The zero-order chi connectivity index (χ0) is 22.1. The van der Waals surface area contributed by atoms with Gasteiger partial charge in [0, 0.05) is 18.8 Å². The first-order valence-corrected chi connectivity index (χ1v) is 9.80. The number of aryl methyl sites for hydroxylation is 2. The van der Waals surface area contributed by atoms with E-state index in [2.05, 4.69) is 5.32 Å². The molecule has 2 aromatic carbocycles. The second-order valence-electron chi connectivity index (χ2n) is 7.02. The van der Waals surface area contributed by atoms with Crippen LogP contribution in [0.5, 0.6) is 11.5 Å². The maximum Gasteiger partial charge on any atom is 0.260 e. The van der Waals surface area contributed by atoms with Crippen LogP contribution >= 0.6 is 0 Å². The highest BCUT2D eigenvalue weighted by atomic mass is 16.5. The van der Waals surface area contributed by atoms with Gasteiger partial charge in [-0.1, -0.05) is 25.1 Å². The minimum atomic E-state index is -0.386. The van der Waals surface area contributed by atoms with E-state index in [1.54, 1.807) is 18.2 Å². The lowest BCUT2D eigenvalue weighted by Crippen LogP contribution is -2.37. The predicted octanol–water partition coefficient (Wildman–Crippen LogP) is 3.38. The fraction of sp³-hybridized carbons (Fsp3) is 0.348. The van der Waals surface area contributed by atoms with E-state index in [1.807, 2.05) is 39.0 Å². The summed E-state index contributed by atoms with van der Waals surface area (Å²) in [4.78, 5) is 37.3. The average Bonchev–Trinajstić information content (AvgIpc) is 2.73. The quantitative estimate of drug-likeness (QED) is 0.605. The van der Waals surface area contributed by atoms with E-state index in [0.717, 1.165) is 23.2 Å². The number of hydrogen-bond acceptors (Lipinski definition) is 5. The van der Waals surface area contributed by atoms with Crippen LogP contribution in [0, 0.1) is 13.8 Å². The number of para-hydroxylation sites is 1. The van der Waals surface area contributed by atoms with Gasteiger partial charge in [0.2, 0.25) is 5.91 Å². The molecule has 0 aliphatic rings. The van der Waals surface area contributed by atoms with Gasteiger partial charge in [-0.2, -0.15) is 0 Å². The molecule has 0 aliphatic carbocycles. The summed E-state index contributed by atoms with van der Waals surface area (Å²) in [7, 11) is 1.53. The summed E-state index contributed by atoms with van der Waals surface area (Å²) in [6.45, 7) is 5.93. The number of amides is 2. The van der Waals surface area contributed by atoms with Gasteiger partial charge in [0.1, 0.15) is 11.5 Å². The molecule has 0 unspecified atom stereocenters. The molecule has 0 aromatic heterocycles. The molecule has 0 fully saturated rings. The minimum Gasteiger partial charge on any atom is -0.493 e.